The van der Waals surface area contributed by atoms with E-state index in [1.165, 1.54) is 4.31 Å². The van der Waals surface area contributed by atoms with Crippen LogP contribution in [-0.2, 0) is 21.4 Å². The summed E-state index contributed by atoms with van der Waals surface area (Å²) in [4.78, 5) is 19.6. The van der Waals surface area contributed by atoms with Crippen LogP contribution in [0.1, 0.15) is 18.7 Å². The largest absolute Gasteiger partial charge is 0.349 e. The molecule has 1 aliphatic heterocycles. The van der Waals surface area contributed by atoms with E-state index in [4.69, 9.17) is 0 Å². The number of benzene rings is 1. The monoisotopic (exact) mass is 334 g/mol. The van der Waals surface area contributed by atoms with Gasteiger partial charge in [-0.15, -0.1) is 0 Å². The molecule has 23 heavy (non-hydrogen) atoms. The van der Waals surface area contributed by atoms with E-state index in [1.54, 1.807) is 0 Å². The van der Waals surface area contributed by atoms with Gasteiger partial charge in [-0.3, -0.25) is 4.79 Å². The third-order valence-electron chi connectivity index (χ3n) is 4.39. The van der Waals surface area contributed by atoms with Gasteiger partial charge in [0.05, 0.1) is 28.7 Å². The zero-order chi connectivity index (χ0) is 16.0. The molecule has 2 N–H and O–H groups in total. The normalized spacial score (nSPS) is 19.7. The van der Waals surface area contributed by atoms with Gasteiger partial charge in [-0.2, -0.15) is 4.31 Å². The minimum atomic E-state index is -3.15. The number of H-pyrrole nitrogens is 1. The Morgan fingerprint density at radius 2 is 2.04 bits per heavy atom. The van der Waals surface area contributed by atoms with Crippen molar-refractivity contribution in [3.8, 4) is 0 Å². The molecule has 8 heteroatoms. The lowest BCUT2D eigenvalue weighted by Crippen LogP contribution is -2.56. The summed E-state index contributed by atoms with van der Waals surface area (Å²) in [7, 11) is -3.15. The van der Waals surface area contributed by atoms with Gasteiger partial charge in [0, 0.05) is 13.1 Å². The molecule has 2 aliphatic rings. The summed E-state index contributed by atoms with van der Waals surface area (Å²) in [6.07, 6.45) is 1.50. The highest BCUT2D eigenvalue weighted by atomic mass is 32.2. The SMILES string of the molecule is O=C(NCc1nc2ccccc2[nH]1)C1CN(S(=O)(=O)C2CC2)C1. The second kappa shape index (κ2) is 5.31. The second-order valence-corrected chi connectivity index (χ2v) is 8.39. The topological polar surface area (TPSA) is 95.2 Å². The van der Waals surface area contributed by atoms with Crippen LogP contribution in [0.2, 0.25) is 0 Å². The molecule has 1 aromatic carbocycles. The zero-order valence-electron chi connectivity index (χ0n) is 12.5. The highest BCUT2D eigenvalue weighted by molar-refractivity contribution is 7.90. The van der Waals surface area contributed by atoms with Crippen molar-refractivity contribution in [3.63, 3.8) is 0 Å². The number of amides is 1. The maximum Gasteiger partial charge on any atom is 0.226 e. The maximum atomic E-state index is 12.1. The number of rotatable bonds is 5. The van der Waals surface area contributed by atoms with Crippen LogP contribution in [0, 0.1) is 5.92 Å². The van der Waals surface area contributed by atoms with E-state index in [9.17, 15) is 13.2 Å². The van der Waals surface area contributed by atoms with Gasteiger partial charge in [0.2, 0.25) is 15.9 Å². The Hall–Kier alpha value is -1.93. The van der Waals surface area contributed by atoms with E-state index < -0.39 is 10.0 Å². The van der Waals surface area contributed by atoms with Gasteiger partial charge >= 0.3 is 0 Å². The maximum absolute atomic E-state index is 12.1. The van der Waals surface area contributed by atoms with Crippen LogP contribution in [0.4, 0.5) is 0 Å². The molecule has 0 bridgehead atoms. The van der Waals surface area contributed by atoms with Gasteiger partial charge in [0.15, 0.2) is 0 Å². The Morgan fingerprint density at radius 1 is 1.30 bits per heavy atom. The lowest BCUT2D eigenvalue weighted by atomic mass is 10.0. The molecule has 1 aliphatic carbocycles. The molecule has 0 spiro atoms. The Bertz CT molecular complexity index is 817. The Balaban J connectivity index is 1.31. The van der Waals surface area contributed by atoms with E-state index in [-0.39, 0.29) is 17.1 Å². The number of carbonyl (C=O) groups is 1. The lowest BCUT2D eigenvalue weighted by molar-refractivity contribution is -0.128. The first-order valence-electron chi connectivity index (χ1n) is 7.74. The average Bonchev–Trinajstić information content (AvgIpc) is 3.24. The van der Waals surface area contributed by atoms with Crippen molar-refractivity contribution < 1.29 is 13.2 Å². The number of aromatic amines is 1. The standard InChI is InChI=1S/C15H18N4O3S/c20-15(10-8-19(9-10)23(21,22)11-5-6-11)16-7-14-17-12-3-1-2-4-13(12)18-14/h1-4,10-11H,5-9H2,(H,16,20)(H,17,18). The number of carbonyl (C=O) groups excluding carboxylic acids is 1. The molecule has 2 fully saturated rings. The molecule has 1 saturated carbocycles. The predicted molar refractivity (Wildman–Crippen MR) is 84.9 cm³/mol. The summed E-state index contributed by atoms with van der Waals surface area (Å²) in [5.41, 5.74) is 1.80. The molecule has 7 nitrogen and oxygen atoms in total. The number of fused-ring (bicyclic) bond motifs is 1. The average molecular weight is 334 g/mol. The third-order valence-corrected chi connectivity index (χ3v) is 6.72. The minimum Gasteiger partial charge on any atom is -0.349 e. The molecular formula is C15H18N4O3S. The number of para-hydroxylation sites is 2. The van der Waals surface area contributed by atoms with Gasteiger partial charge in [0.1, 0.15) is 5.82 Å². The number of sulfonamides is 1. The molecule has 122 valence electrons. The van der Waals surface area contributed by atoms with Crippen molar-refractivity contribution in [2.24, 2.45) is 5.92 Å². The number of aromatic nitrogens is 2. The Labute approximate surface area is 134 Å². The molecule has 1 amide bonds. The first-order valence-corrected chi connectivity index (χ1v) is 9.24. The highest BCUT2D eigenvalue weighted by Crippen LogP contribution is 2.34. The van der Waals surface area contributed by atoms with Crippen LogP contribution in [0.15, 0.2) is 24.3 Å². The number of nitrogens with zero attached hydrogens (tertiary/aromatic N) is 2. The van der Waals surface area contributed by atoms with Crippen molar-refractivity contribution in [2.45, 2.75) is 24.6 Å². The summed E-state index contributed by atoms with van der Waals surface area (Å²) < 4.78 is 25.4. The molecular weight excluding hydrogens is 316 g/mol. The lowest BCUT2D eigenvalue weighted by Gasteiger charge is -2.37. The zero-order valence-corrected chi connectivity index (χ0v) is 13.3. The van der Waals surface area contributed by atoms with Gasteiger partial charge in [0.25, 0.3) is 0 Å². The first-order chi connectivity index (χ1) is 11.0. The minimum absolute atomic E-state index is 0.118. The van der Waals surface area contributed by atoms with Crippen LogP contribution >= 0.6 is 0 Å². The van der Waals surface area contributed by atoms with Crippen LogP contribution in [0.25, 0.3) is 11.0 Å². The molecule has 4 rings (SSSR count). The predicted octanol–water partition coefficient (Wildman–Crippen LogP) is 0.603. The van der Waals surface area contributed by atoms with Gasteiger partial charge in [-0.25, -0.2) is 13.4 Å². The van der Waals surface area contributed by atoms with Crippen LogP contribution in [0.5, 0.6) is 0 Å². The number of imidazole rings is 1. The number of nitrogens with one attached hydrogen (secondary N) is 2. The molecule has 1 saturated heterocycles. The van der Waals surface area contributed by atoms with Crippen LogP contribution in [0.3, 0.4) is 0 Å². The first kappa shape index (κ1) is 14.6. The molecule has 2 aromatic rings. The Kier molecular flexibility index (Phi) is 3.38. The second-order valence-electron chi connectivity index (χ2n) is 6.18. The molecule has 2 heterocycles. The number of hydrogen-bond acceptors (Lipinski definition) is 4. The highest BCUT2D eigenvalue weighted by Gasteiger charge is 2.46. The van der Waals surface area contributed by atoms with Crippen LogP contribution < -0.4 is 5.32 Å². The van der Waals surface area contributed by atoms with Gasteiger partial charge in [-0.1, -0.05) is 12.1 Å². The summed E-state index contributed by atoms with van der Waals surface area (Å²) in [6, 6.07) is 7.67. The summed E-state index contributed by atoms with van der Waals surface area (Å²) >= 11 is 0. The van der Waals surface area contributed by atoms with Crippen molar-refractivity contribution in [1.82, 2.24) is 19.6 Å². The van der Waals surface area contributed by atoms with Crippen molar-refractivity contribution >= 4 is 27.0 Å². The van der Waals surface area contributed by atoms with E-state index >= 15 is 0 Å². The fourth-order valence-electron chi connectivity index (χ4n) is 2.79. The summed E-state index contributed by atoms with van der Waals surface area (Å²) in [5, 5.41) is 2.62. The van der Waals surface area contributed by atoms with Crippen molar-refractivity contribution in [1.29, 1.82) is 0 Å². The Morgan fingerprint density at radius 3 is 2.74 bits per heavy atom. The molecule has 0 atom stereocenters. The fourth-order valence-corrected chi connectivity index (χ4v) is 4.72. The van der Waals surface area contributed by atoms with E-state index in [0.29, 0.717) is 25.5 Å². The fraction of sp³-hybridized carbons (Fsp3) is 0.467. The summed E-state index contributed by atoms with van der Waals surface area (Å²) in [5.74, 6) is 0.321. The van der Waals surface area contributed by atoms with Gasteiger partial charge in [-0.05, 0) is 25.0 Å². The molecule has 0 unspecified atom stereocenters. The van der Waals surface area contributed by atoms with Crippen LogP contribution in [-0.4, -0.2) is 46.9 Å². The smallest absolute Gasteiger partial charge is 0.226 e. The third kappa shape index (κ3) is 2.72. The van der Waals surface area contributed by atoms with Gasteiger partial charge < -0.3 is 10.3 Å². The van der Waals surface area contributed by atoms with E-state index in [2.05, 4.69) is 15.3 Å². The molecule has 0 radical (unpaired) electrons. The van der Waals surface area contributed by atoms with Crippen molar-refractivity contribution in [3.05, 3.63) is 30.1 Å². The quantitative estimate of drug-likeness (QED) is 0.837. The van der Waals surface area contributed by atoms with E-state index in [1.807, 2.05) is 24.3 Å². The summed E-state index contributed by atoms with van der Waals surface area (Å²) in [6.45, 7) is 0.912. The van der Waals surface area contributed by atoms with Crippen molar-refractivity contribution in [2.75, 3.05) is 13.1 Å². The number of hydrogen-bond donors (Lipinski definition) is 2. The van der Waals surface area contributed by atoms with E-state index in [0.717, 1.165) is 23.9 Å². The molecule has 1 aromatic heterocycles.